The minimum absolute atomic E-state index is 0.00563. The molecule has 0 aliphatic rings. The smallest absolute Gasteiger partial charge is 0.391 e. The lowest BCUT2D eigenvalue weighted by molar-refractivity contribution is 0.364. The summed E-state index contributed by atoms with van der Waals surface area (Å²) in [5.41, 5.74) is 11.3. The van der Waals surface area contributed by atoms with E-state index in [1.165, 1.54) is 38.9 Å². The number of rotatable bonds is 5. The van der Waals surface area contributed by atoms with Crippen LogP contribution in [0.4, 0.5) is 0 Å². The number of aryl methyl sites for hydroxylation is 2. The third-order valence-corrected chi connectivity index (χ3v) is 8.14. The molecule has 0 unspecified atom stereocenters. The summed E-state index contributed by atoms with van der Waals surface area (Å²) in [6.45, 7) is 31.1. The largest absolute Gasteiger partial charge is 0.426 e. The van der Waals surface area contributed by atoms with Crippen LogP contribution in [-0.2, 0) is 28.1 Å². The second-order valence-corrected chi connectivity index (χ2v) is 16.6. The van der Waals surface area contributed by atoms with Gasteiger partial charge in [0.15, 0.2) is 0 Å². The van der Waals surface area contributed by atoms with Gasteiger partial charge in [-0.1, -0.05) is 137 Å². The molecule has 4 heteroatoms. The molecule has 224 valence electrons. The summed E-state index contributed by atoms with van der Waals surface area (Å²) in [4.78, 5) is 20.4. The Bertz CT molecular complexity index is 1400. The Labute approximate surface area is 251 Å². The Hall–Kier alpha value is -2.19. The summed E-state index contributed by atoms with van der Waals surface area (Å²) in [5, 5.41) is 0. The van der Waals surface area contributed by atoms with E-state index in [0.29, 0.717) is 5.75 Å². The minimum atomic E-state index is -2.60. The van der Waals surface area contributed by atoms with Gasteiger partial charge in [-0.3, -0.25) is 0 Å². The van der Waals surface area contributed by atoms with Crippen LogP contribution in [0.2, 0.25) is 0 Å². The second kappa shape index (κ2) is 11.5. The van der Waals surface area contributed by atoms with Gasteiger partial charge in [-0.05, 0) is 75.3 Å². The molecule has 2 N–H and O–H groups in total. The van der Waals surface area contributed by atoms with E-state index < -0.39 is 8.60 Å². The predicted octanol–water partition coefficient (Wildman–Crippen LogP) is 10.3. The SMILES string of the molecule is Cc1ccc(Cc2cc(C(C)(C)C)c(OP(O)O)c(C(C)(C)C)c2-c2ccc(C)cc2C(C)(C)C)c(C(C)(C)C)c1. The Morgan fingerprint density at radius 3 is 1.54 bits per heavy atom. The fraction of sp³-hybridized carbons (Fsp3) is 0.514. The van der Waals surface area contributed by atoms with Gasteiger partial charge >= 0.3 is 8.60 Å². The molecule has 0 atom stereocenters. The van der Waals surface area contributed by atoms with Crippen LogP contribution in [0.1, 0.15) is 128 Å². The lowest BCUT2D eigenvalue weighted by atomic mass is 9.71. The molecule has 0 saturated heterocycles. The van der Waals surface area contributed by atoms with Crippen LogP contribution in [0, 0.1) is 13.8 Å². The molecular formula is C37H53O3P. The van der Waals surface area contributed by atoms with Crippen LogP contribution in [0.5, 0.6) is 5.75 Å². The maximum atomic E-state index is 10.2. The molecule has 3 aromatic carbocycles. The summed E-state index contributed by atoms with van der Waals surface area (Å²) in [6.07, 6.45) is 0.763. The van der Waals surface area contributed by atoms with E-state index in [2.05, 4.69) is 139 Å². The van der Waals surface area contributed by atoms with Gasteiger partial charge in [0.1, 0.15) is 5.75 Å². The van der Waals surface area contributed by atoms with Gasteiger partial charge in [0.05, 0.1) is 0 Å². The average molecular weight is 577 g/mol. The maximum absolute atomic E-state index is 10.2. The Morgan fingerprint density at radius 2 is 1.07 bits per heavy atom. The Kier molecular flexibility index (Phi) is 9.33. The van der Waals surface area contributed by atoms with Crippen molar-refractivity contribution in [2.45, 2.75) is 125 Å². The first kappa shape index (κ1) is 33.3. The Morgan fingerprint density at radius 1 is 0.585 bits per heavy atom. The van der Waals surface area contributed by atoms with Gasteiger partial charge < -0.3 is 14.3 Å². The molecule has 0 heterocycles. The third-order valence-electron chi connectivity index (χ3n) is 7.80. The van der Waals surface area contributed by atoms with E-state index in [-0.39, 0.29) is 21.7 Å². The van der Waals surface area contributed by atoms with Gasteiger partial charge in [0.2, 0.25) is 0 Å². The monoisotopic (exact) mass is 576 g/mol. The van der Waals surface area contributed by atoms with E-state index in [0.717, 1.165) is 23.1 Å². The molecule has 41 heavy (non-hydrogen) atoms. The highest BCUT2D eigenvalue weighted by Gasteiger charge is 2.35. The van der Waals surface area contributed by atoms with E-state index in [9.17, 15) is 9.79 Å². The molecule has 0 radical (unpaired) electrons. The van der Waals surface area contributed by atoms with Crippen molar-refractivity contribution in [1.82, 2.24) is 0 Å². The quantitative estimate of drug-likeness (QED) is 0.297. The van der Waals surface area contributed by atoms with Crippen molar-refractivity contribution < 1.29 is 14.3 Å². The second-order valence-electron chi connectivity index (χ2n) is 15.9. The summed E-state index contributed by atoms with van der Waals surface area (Å²) in [6, 6.07) is 15.9. The van der Waals surface area contributed by atoms with Gasteiger partial charge in [-0.25, -0.2) is 0 Å². The first-order valence-electron chi connectivity index (χ1n) is 14.8. The number of hydrogen-bond acceptors (Lipinski definition) is 3. The summed E-state index contributed by atoms with van der Waals surface area (Å²) >= 11 is 0. The van der Waals surface area contributed by atoms with E-state index in [1.807, 2.05) is 0 Å². The van der Waals surface area contributed by atoms with Crippen LogP contribution < -0.4 is 4.52 Å². The molecule has 0 saturated carbocycles. The zero-order valence-electron chi connectivity index (χ0n) is 28.0. The molecule has 3 aromatic rings. The fourth-order valence-corrected chi connectivity index (χ4v) is 6.21. The molecule has 0 aliphatic carbocycles. The number of benzene rings is 3. The zero-order valence-corrected chi connectivity index (χ0v) is 28.9. The predicted molar refractivity (Wildman–Crippen MR) is 177 cm³/mol. The highest BCUT2D eigenvalue weighted by atomic mass is 31.2. The van der Waals surface area contributed by atoms with Crippen molar-refractivity contribution in [2.75, 3.05) is 0 Å². The van der Waals surface area contributed by atoms with Crippen molar-refractivity contribution >= 4 is 8.60 Å². The lowest BCUT2D eigenvalue weighted by Gasteiger charge is -2.35. The highest BCUT2D eigenvalue weighted by Crippen LogP contribution is 2.51. The first-order valence-corrected chi connectivity index (χ1v) is 16.0. The first-order chi connectivity index (χ1) is 18.5. The maximum Gasteiger partial charge on any atom is 0.391 e. The van der Waals surface area contributed by atoms with Gasteiger partial charge in [-0.15, -0.1) is 0 Å². The topological polar surface area (TPSA) is 49.7 Å². The molecule has 0 spiro atoms. The van der Waals surface area contributed by atoms with E-state index in [4.69, 9.17) is 4.52 Å². The molecular weight excluding hydrogens is 523 g/mol. The van der Waals surface area contributed by atoms with E-state index >= 15 is 0 Å². The van der Waals surface area contributed by atoms with E-state index in [1.54, 1.807) is 0 Å². The van der Waals surface area contributed by atoms with Gasteiger partial charge in [0.25, 0.3) is 0 Å². The van der Waals surface area contributed by atoms with Gasteiger partial charge in [0, 0.05) is 11.1 Å². The summed E-state index contributed by atoms with van der Waals surface area (Å²) < 4.78 is 6.02. The van der Waals surface area contributed by atoms with Crippen LogP contribution in [0.3, 0.4) is 0 Å². The number of hydrogen-bond donors (Lipinski definition) is 2. The molecule has 3 rings (SSSR count). The molecule has 3 nitrogen and oxygen atoms in total. The van der Waals surface area contributed by atoms with Crippen LogP contribution in [0.25, 0.3) is 11.1 Å². The molecule has 0 bridgehead atoms. The zero-order chi connectivity index (χ0) is 31.3. The fourth-order valence-electron chi connectivity index (χ4n) is 5.86. The standard InChI is InChI=1S/C37H53O3P/c1-23-15-17-25(28(19-23)34(3,4)5)21-26-22-30(36(9,10)11)33(40-41(38)39)32(37(12,13)14)31(26)27-18-16-24(2)20-29(27)35(6,7)8/h15-20,22,38-39H,21H2,1-14H3. The normalized spacial score (nSPS) is 13.2. The van der Waals surface area contributed by atoms with Crippen molar-refractivity contribution in [3.63, 3.8) is 0 Å². The minimum Gasteiger partial charge on any atom is -0.426 e. The third kappa shape index (κ3) is 7.61. The lowest BCUT2D eigenvalue weighted by Crippen LogP contribution is -2.23. The van der Waals surface area contributed by atoms with Crippen LogP contribution in [-0.4, -0.2) is 9.79 Å². The molecule has 0 aromatic heterocycles. The summed E-state index contributed by atoms with van der Waals surface area (Å²) in [7, 11) is -2.60. The van der Waals surface area contributed by atoms with Crippen molar-refractivity contribution in [3.8, 4) is 16.9 Å². The van der Waals surface area contributed by atoms with Crippen LogP contribution in [0.15, 0.2) is 42.5 Å². The highest BCUT2D eigenvalue weighted by molar-refractivity contribution is 7.39. The molecule has 0 amide bonds. The molecule has 0 aliphatic heterocycles. The molecule has 0 fully saturated rings. The Balaban J connectivity index is 2.62. The van der Waals surface area contributed by atoms with Crippen LogP contribution >= 0.6 is 8.60 Å². The average Bonchev–Trinajstić information content (AvgIpc) is 2.77. The van der Waals surface area contributed by atoms with Gasteiger partial charge in [-0.2, -0.15) is 0 Å². The van der Waals surface area contributed by atoms with Crippen molar-refractivity contribution in [2.24, 2.45) is 0 Å². The summed E-state index contributed by atoms with van der Waals surface area (Å²) in [5.74, 6) is 0.597. The van der Waals surface area contributed by atoms with Crippen molar-refractivity contribution in [3.05, 3.63) is 87.0 Å². The van der Waals surface area contributed by atoms with Crippen molar-refractivity contribution in [1.29, 1.82) is 0 Å².